The Morgan fingerprint density at radius 3 is 3.05 bits per heavy atom. The minimum atomic E-state index is 0.498. The molecule has 1 aromatic heterocycles. The highest BCUT2D eigenvalue weighted by molar-refractivity contribution is 5.35. The quantitative estimate of drug-likeness (QED) is 0.918. The number of aromatic nitrogens is 2. The summed E-state index contributed by atoms with van der Waals surface area (Å²) >= 11 is 0. The maximum absolute atomic E-state index is 5.83. The van der Waals surface area contributed by atoms with E-state index in [1.165, 1.54) is 5.56 Å². The maximum atomic E-state index is 5.83. The first-order valence-electron chi connectivity index (χ1n) is 7.67. The predicted octanol–water partition coefficient (Wildman–Crippen LogP) is 2.08. The zero-order chi connectivity index (χ0) is 15.5. The van der Waals surface area contributed by atoms with Gasteiger partial charge in [0.1, 0.15) is 5.75 Å². The monoisotopic (exact) mass is 301 g/mol. The first-order chi connectivity index (χ1) is 10.7. The minimum absolute atomic E-state index is 0.498. The molecule has 0 spiro atoms. The molecule has 5 heteroatoms. The molecule has 0 unspecified atom stereocenters. The van der Waals surface area contributed by atoms with Crippen LogP contribution in [0.4, 0.5) is 0 Å². The van der Waals surface area contributed by atoms with Gasteiger partial charge in [0.25, 0.3) is 0 Å². The summed E-state index contributed by atoms with van der Waals surface area (Å²) in [5, 5.41) is 7.92. The van der Waals surface area contributed by atoms with E-state index in [0.717, 1.165) is 49.0 Å². The van der Waals surface area contributed by atoms with Gasteiger partial charge in [-0.2, -0.15) is 5.10 Å². The largest absolute Gasteiger partial charge is 0.493 e. The second-order valence-corrected chi connectivity index (χ2v) is 5.82. The van der Waals surface area contributed by atoms with Crippen LogP contribution in [-0.2, 0) is 20.0 Å². The molecule has 0 saturated heterocycles. The molecule has 0 aliphatic carbocycles. The van der Waals surface area contributed by atoms with Crippen LogP contribution in [0.25, 0.3) is 0 Å². The lowest BCUT2D eigenvalue weighted by Crippen LogP contribution is -2.31. The summed E-state index contributed by atoms with van der Waals surface area (Å²) in [7, 11) is 3.59. The van der Waals surface area contributed by atoms with Gasteiger partial charge in [-0.1, -0.05) is 18.2 Å². The number of methoxy groups -OCH3 is 1. The second kappa shape index (κ2) is 6.40. The molecule has 1 atom stereocenters. The topological polar surface area (TPSA) is 48.3 Å². The van der Waals surface area contributed by atoms with Crippen LogP contribution in [0.1, 0.15) is 16.8 Å². The number of nitrogens with zero attached hydrogens (tertiary/aromatic N) is 2. The molecule has 1 aliphatic rings. The van der Waals surface area contributed by atoms with Crippen LogP contribution in [0.15, 0.2) is 24.3 Å². The van der Waals surface area contributed by atoms with Gasteiger partial charge in [0.05, 0.1) is 25.0 Å². The molecule has 5 nitrogen and oxygen atoms in total. The van der Waals surface area contributed by atoms with Gasteiger partial charge in [-0.05, 0) is 25.0 Å². The highest BCUT2D eigenvalue weighted by Crippen LogP contribution is 2.26. The molecular weight excluding hydrogens is 278 g/mol. The van der Waals surface area contributed by atoms with Gasteiger partial charge < -0.3 is 14.8 Å². The third-order valence-corrected chi connectivity index (χ3v) is 4.17. The lowest BCUT2D eigenvalue weighted by molar-refractivity contribution is 0.218. The van der Waals surface area contributed by atoms with E-state index in [2.05, 4.69) is 22.5 Å². The van der Waals surface area contributed by atoms with E-state index >= 15 is 0 Å². The van der Waals surface area contributed by atoms with Crippen LogP contribution >= 0.6 is 0 Å². The van der Waals surface area contributed by atoms with Crippen molar-refractivity contribution in [3.63, 3.8) is 0 Å². The summed E-state index contributed by atoms with van der Waals surface area (Å²) in [6.07, 6.45) is 1.06. The molecule has 1 aliphatic heterocycles. The smallest absolute Gasteiger partial charge is 0.216 e. The van der Waals surface area contributed by atoms with Crippen LogP contribution in [0.3, 0.4) is 0 Å². The summed E-state index contributed by atoms with van der Waals surface area (Å²) in [6, 6.07) is 8.29. The van der Waals surface area contributed by atoms with E-state index in [1.807, 2.05) is 26.1 Å². The Bertz CT molecular complexity index is 651. The molecule has 2 heterocycles. The van der Waals surface area contributed by atoms with Crippen molar-refractivity contribution < 1.29 is 9.47 Å². The summed E-state index contributed by atoms with van der Waals surface area (Å²) in [4.78, 5) is 0. The van der Waals surface area contributed by atoms with Crippen LogP contribution < -0.4 is 14.8 Å². The molecule has 1 N–H and O–H groups in total. The number of para-hydroxylation sites is 1. The Morgan fingerprint density at radius 1 is 1.41 bits per heavy atom. The molecule has 0 saturated carbocycles. The Hall–Kier alpha value is -2.01. The molecule has 3 rings (SSSR count). The van der Waals surface area contributed by atoms with Gasteiger partial charge in [-0.3, -0.25) is 0 Å². The van der Waals surface area contributed by atoms with Crippen molar-refractivity contribution in [2.45, 2.75) is 19.9 Å². The van der Waals surface area contributed by atoms with Gasteiger partial charge in [0.2, 0.25) is 5.88 Å². The molecule has 1 aromatic carbocycles. The van der Waals surface area contributed by atoms with Crippen molar-refractivity contribution in [1.82, 2.24) is 15.1 Å². The number of ether oxygens (including phenoxy) is 2. The SMILES string of the molecule is COc1c(CNC[C@H]2COc3ccccc3C2)c(C)nn1C. The van der Waals surface area contributed by atoms with E-state index in [4.69, 9.17) is 9.47 Å². The second-order valence-electron chi connectivity index (χ2n) is 5.82. The zero-order valence-electron chi connectivity index (χ0n) is 13.4. The summed E-state index contributed by atoms with van der Waals surface area (Å²) in [5.74, 6) is 2.36. The average Bonchev–Trinajstić information content (AvgIpc) is 2.80. The summed E-state index contributed by atoms with van der Waals surface area (Å²) in [6.45, 7) is 4.47. The van der Waals surface area contributed by atoms with Gasteiger partial charge in [0, 0.05) is 26.1 Å². The number of benzene rings is 1. The minimum Gasteiger partial charge on any atom is -0.493 e. The number of nitrogens with one attached hydrogen (secondary N) is 1. The van der Waals surface area contributed by atoms with Crippen molar-refractivity contribution in [1.29, 1.82) is 0 Å². The molecule has 0 radical (unpaired) electrons. The molecule has 2 aromatic rings. The molecular formula is C17H23N3O2. The molecule has 0 bridgehead atoms. The Labute approximate surface area is 131 Å². The normalized spacial score (nSPS) is 17.0. The molecule has 0 amide bonds. The van der Waals surface area contributed by atoms with Crippen molar-refractivity contribution >= 4 is 0 Å². The number of hydrogen-bond acceptors (Lipinski definition) is 4. The lowest BCUT2D eigenvalue weighted by atomic mass is 9.97. The van der Waals surface area contributed by atoms with Crippen LogP contribution in [0.5, 0.6) is 11.6 Å². The van der Waals surface area contributed by atoms with E-state index in [0.29, 0.717) is 5.92 Å². The van der Waals surface area contributed by atoms with E-state index in [-0.39, 0.29) is 0 Å². The zero-order valence-corrected chi connectivity index (χ0v) is 13.4. The Kier molecular flexibility index (Phi) is 4.34. The molecule has 118 valence electrons. The number of rotatable bonds is 5. The van der Waals surface area contributed by atoms with Gasteiger partial charge in [0.15, 0.2) is 0 Å². The Morgan fingerprint density at radius 2 is 2.23 bits per heavy atom. The van der Waals surface area contributed by atoms with E-state index in [1.54, 1.807) is 11.8 Å². The predicted molar refractivity (Wildman–Crippen MR) is 85.3 cm³/mol. The molecule has 22 heavy (non-hydrogen) atoms. The fourth-order valence-corrected chi connectivity index (χ4v) is 3.06. The van der Waals surface area contributed by atoms with Crippen LogP contribution in [0, 0.1) is 12.8 Å². The standard InChI is InChI=1S/C17H23N3O2/c1-12-15(17(21-3)20(2)19-12)10-18-9-13-8-14-6-4-5-7-16(14)22-11-13/h4-7,13,18H,8-11H2,1-3H3/t13-/m0/s1. The third kappa shape index (κ3) is 2.95. The van der Waals surface area contributed by atoms with Crippen molar-refractivity contribution in [2.24, 2.45) is 13.0 Å². The Balaban J connectivity index is 1.56. The highest BCUT2D eigenvalue weighted by Gasteiger charge is 2.20. The first kappa shape index (κ1) is 14.9. The maximum Gasteiger partial charge on any atom is 0.216 e. The fraction of sp³-hybridized carbons (Fsp3) is 0.471. The number of hydrogen-bond donors (Lipinski definition) is 1. The van der Waals surface area contributed by atoms with E-state index < -0.39 is 0 Å². The van der Waals surface area contributed by atoms with Gasteiger partial charge >= 0.3 is 0 Å². The molecule has 0 fully saturated rings. The van der Waals surface area contributed by atoms with Gasteiger partial charge in [-0.15, -0.1) is 0 Å². The lowest BCUT2D eigenvalue weighted by Gasteiger charge is -2.25. The average molecular weight is 301 g/mol. The first-order valence-corrected chi connectivity index (χ1v) is 7.67. The number of aryl methyl sites for hydroxylation is 2. The van der Waals surface area contributed by atoms with Crippen LogP contribution in [0.2, 0.25) is 0 Å². The highest BCUT2D eigenvalue weighted by atomic mass is 16.5. The fourth-order valence-electron chi connectivity index (χ4n) is 3.06. The summed E-state index contributed by atoms with van der Waals surface area (Å²) in [5.41, 5.74) is 3.44. The van der Waals surface area contributed by atoms with Crippen molar-refractivity contribution in [3.8, 4) is 11.6 Å². The van der Waals surface area contributed by atoms with Gasteiger partial charge in [-0.25, -0.2) is 4.68 Å². The third-order valence-electron chi connectivity index (χ3n) is 4.17. The summed E-state index contributed by atoms with van der Waals surface area (Å²) < 4.78 is 13.0. The van der Waals surface area contributed by atoms with Crippen molar-refractivity contribution in [3.05, 3.63) is 41.1 Å². The van der Waals surface area contributed by atoms with Crippen molar-refractivity contribution in [2.75, 3.05) is 20.3 Å². The van der Waals surface area contributed by atoms with E-state index in [9.17, 15) is 0 Å². The van der Waals surface area contributed by atoms with Crippen LogP contribution in [-0.4, -0.2) is 30.0 Å². The number of fused-ring (bicyclic) bond motifs is 1.